The van der Waals surface area contributed by atoms with Crippen molar-refractivity contribution in [3.05, 3.63) is 48.5 Å². The van der Waals surface area contributed by atoms with E-state index in [0.29, 0.717) is 5.75 Å². The SMILES string of the molecule is CC(C)C(=O)Nc1ccc2nc(SCC(=O)N(C)c3ccccc3)sc2c1. The molecule has 0 fully saturated rings. The Morgan fingerprint density at radius 2 is 1.93 bits per heavy atom. The number of thiazole rings is 1. The van der Waals surface area contributed by atoms with Gasteiger partial charge in [0.05, 0.1) is 16.0 Å². The molecule has 0 unspecified atom stereocenters. The Labute approximate surface area is 166 Å². The minimum atomic E-state index is -0.0686. The zero-order valence-corrected chi connectivity index (χ0v) is 17.1. The maximum atomic E-state index is 12.4. The number of anilines is 2. The Morgan fingerprint density at radius 3 is 2.63 bits per heavy atom. The van der Waals surface area contributed by atoms with Gasteiger partial charge in [-0.05, 0) is 30.3 Å². The molecular weight excluding hydrogens is 378 g/mol. The van der Waals surface area contributed by atoms with E-state index in [1.165, 1.54) is 23.1 Å². The number of rotatable bonds is 6. The van der Waals surface area contributed by atoms with Crippen molar-refractivity contribution in [3.63, 3.8) is 0 Å². The number of para-hydroxylation sites is 1. The fourth-order valence-electron chi connectivity index (χ4n) is 2.35. The summed E-state index contributed by atoms with van der Waals surface area (Å²) < 4.78 is 1.83. The van der Waals surface area contributed by atoms with Crippen molar-refractivity contribution in [2.75, 3.05) is 23.0 Å². The third-order valence-electron chi connectivity index (χ3n) is 4.00. The summed E-state index contributed by atoms with van der Waals surface area (Å²) in [5.41, 5.74) is 2.51. The first-order valence-corrected chi connectivity index (χ1v) is 10.4. The monoisotopic (exact) mass is 399 g/mol. The number of amides is 2. The maximum absolute atomic E-state index is 12.4. The number of thioether (sulfide) groups is 1. The summed E-state index contributed by atoms with van der Waals surface area (Å²) in [6.45, 7) is 3.72. The van der Waals surface area contributed by atoms with Crippen molar-refractivity contribution < 1.29 is 9.59 Å². The van der Waals surface area contributed by atoms with E-state index in [4.69, 9.17) is 0 Å². The molecule has 0 aliphatic rings. The number of aromatic nitrogens is 1. The van der Waals surface area contributed by atoms with Crippen LogP contribution in [0.3, 0.4) is 0 Å². The summed E-state index contributed by atoms with van der Waals surface area (Å²) in [6.07, 6.45) is 0. The second-order valence-electron chi connectivity index (χ2n) is 6.38. The minimum absolute atomic E-state index is 0.0111. The van der Waals surface area contributed by atoms with Gasteiger partial charge >= 0.3 is 0 Å². The van der Waals surface area contributed by atoms with Crippen LogP contribution >= 0.6 is 23.1 Å². The van der Waals surface area contributed by atoms with Gasteiger partial charge in [0.1, 0.15) is 0 Å². The van der Waals surface area contributed by atoms with E-state index in [2.05, 4.69) is 10.3 Å². The Morgan fingerprint density at radius 1 is 1.19 bits per heavy atom. The Kier molecular flexibility index (Phi) is 6.13. The van der Waals surface area contributed by atoms with E-state index >= 15 is 0 Å². The van der Waals surface area contributed by atoms with Gasteiger partial charge in [-0.2, -0.15) is 0 Å². The van der Waals surface area contributed by atoms with Crippen LogP contribution in [0, 0.1) is 5.92 Å². The van der Waals surface area contributed by atoms with Gasteiger partial charge in [0.2, 0.25) is 11.8 Å². The zero-order valence-electron chi connectivity index (χ0n) is 15.4. The summed E-state index contributed by atoms with van der Waals surface area (Å²) in [5.74, 6) is 0.265. The smallest absolute Gasteiger partial charge is 0.237 e. The van der Waals surface area contributed by atoms with Crippen molar-refractivity contribution in [1.82, 2.24) is 4.98 Å². The molecular formula is C20H21N3O2S2. The molecule has 0 spiro atoms. The third-order valence-corrected chi connectivity index (χ3v) is 6.14. The van der Waals surface area contributed by atoms with E-state index in [0.717, 1.165) is 25.9 Å². The Hall–Kier alpha value is -2.38. The van der Waals surface area contributed by atoms with E-state index < -0.39 is 0 Å². The highest BCUT2D eigenvalue weighted by Gasteiger charge is 2.14. The topological polar surface area (TPSA) is 62.3 Å². The molecule has 3 rings (SSSR count). The number of carbonyl (C=O) groups is 2. The fourth-order valence-corrected chi connectivity index (χ4v) is 4.37. The molecule has 0 saturated carbocycles. The largest absolute Gasteiger partial charge is 0.326 e. The standard InChI is InChI=1S/C20H21N3O2S2/c1-13(2)19(25)21-14-9-10-16-17(11-14)27-20(22-16)26-12-18(24)23(3)15-7-5-4-6-8-15/h4-11,13H,12H2,1-3H3,(H,21,25). The maximum Gasteiger partial charge on any atom is 0.237 e. The molecule has 27 heavy (non-hydrogen) atoms. The van der Waals surface area contributed by atoms with Crippen LogP contribution < -0.4 is 10.2 Å². The second kappa shape index (κ2) is 8.54. The van der Waals surface area contributed by atoms with Gasteiger partial charge in [0.15, 0.2) is 4.34 Å². The number of nitrogens with one attached hydrogen (secondary N) is 1. The molecule has 1 aromatic heterocycles. The normalized spacial score (nSPS) is 11.0. The van der Waals surface area contributed by atoms with E-state index in [1.807, 2.05) is 62.4 Å². The average Bonchev–Trinajstić information content (AvgIpc) is 3.08. The molecule has 2 aromatic carbocycles. The van der Waals surface area contributed by atoms with Crippen LogP contribution in [-0.2, 0) is 9.59 Å². The number of nitrogens with zero attached hydrogens (tertiary/aromatic N) is 2. The summed E-state index contributed by atoms with van der Waals surface area (Å²) in [4.78, 5) is 30.5. The Bertz CT molecular complexity index is 954. The molecule has 0 atom stereocenters. The van der Waals surface area contributed by atoms with Crippen LogP contribution in [0.1, 0.15) is 13.8 Å². The first-order valence-electron chi connectivity index (χ1n) is 8.60. The molecule has 7 heteroatoms. The lowest BCUT2D eigenvalue weighted by Gasteiger charge is -2.16. The lowest BCUT2D eigenvalue weighted by Crippen LogP contribution is -2.27. The van der Waals surface area contributed by atoms with Crippen LogP contribution in [0.2, 0.25) is 0 Å². The summed E-state index contributed by atoms with van der Waals surface area (Å²) >= 11 is 2.96. The molecule has 0 saturated heterocycles. The number of hydrogen-bond donors (Lipinski definition) is 1. The van der Waals surface area contributed by atoms with Gasteiger partial charge in [-0.1, -0.05) is 43.8 Å². The van der Waals surface area contributed by atoms with Crippen LogP contribution in [0.25, 0.3) is 10.2 Å². The van der Waals surface area contributed by atoms with Gasteiger partial charge in [-0.15, -0.1) is 11.3 Å². The molecule has 0 radical (unpaired) electrons. The first kappa shape index (κ1) is 19.4. The molecule has 0 aliphatic heterocycles. The molecule has 2 amide bonds. The van der Waals surface area contributed by atoms with Gasteiger partial charge in [-0.25, -0.2) is 4.98 Å². The molecule has 0 bridgehead atoms. The average molecular weight is 400 g/mol. The highest BCUT2D eigenvalue weighted by molar-refractivity contribution is 8.01. The van der Waals surface area contributed by atoms with E-state index in [1.54, 1.807) is 11.9 Å². The molecule has 1 N–H and O–H groups in total. The van der Waals surface area contributed by atoms with Gasteiger partial charge in [0.25, 0.3) is 0 Å². The van der Waals surface area contributed by atoms with Gasteiger partial charge < -0.3 is 10.2 Å². The van der Waals surface area contributed by atoms with E-state index in [9.17, 15) is 9.59 Å². The van der Waals surface area contributed by atoms with Crippen molar-refractivity contribution >= 4 is 56.5 Å². The molecule has 140 valence electrons. The third kappa shape index (κ3) is 4.87. The van der Waals surface area contributed by atoms with Crippen molar-refractivity contribution in [2.24, 2.45) is 5.92 Å². The van der Waals surface area contributed by atoms with Crippen LogP contribution in [-0.4, -0.2) is 29.6 Å². The van der Waals surface area contributed by atoms with Crippen LogP contribution in [0.5, 0.6) is 0 Å². The van der Waals surface area contributed by atoms with E-state index in [-0.39, 0.29) is 17.7 Å². The molecule has 0 aliphatic carbocycles. The van der Waals surface area contributed by atoms with Crippen molar-refractivity contribution in [1.29, 1.82) is 0 Å². The number of benzene rings is 2. The predicted molar refractivity (Wildman–Crippen MR) is 114 cm³/mol. The number of fused-ring (bicyclic) bond motifs is 1. The highest BCUT2D eigenvalue weighted by Crippen LogP contribution is 2.31. The van der Waals surface area contributed by atoms with Gasteiger partial charge in [0, 0.05) is 24.3 Å². The fraction of sp³-hybridized carbons (Fsp3) is 0.250. The second-order valence-corrected chi connectivity index (χ2v) is 8.64. The number of carbonyl (C=O) groups excluding carboxylic acids is 2. The predicted octanol–water partition coefficient (Wildman–Crippen LogP) is 4.65. The summed E-state index contributed by atoms with van der Waals surface area (Å²) in [5, 5.41) is 2.90. The quantitative estimate of drug-likeness (QED) is 0.613. The summed E-state index contributed by atoms with van der Waals surface area (Å²) in [6, 6.07) is 15.2. The number of hydrogen-bond acceptors (Lipinski definition) is 5. The van der Waals surface area contributed by atoms with Crippen LogP contribution in [0.15, 0.2) is 52.9 Å². The first-order chi connectivity index (χ1) is 12.9. The van der Waals surface area contributed by atoms with Crippen molar-refractivity contribution in [2.45, 2.75) is 18.2 Å². The zero-order chi connectivity index (χ0) is 19.4. The molecule has 1 heterocycles. The van der Waals surface area contributed by atoms with Gasteiger partial charge in [-0.3, -0.25) is 9.59 Å². The molecule has 3 aromatic rings. The summed E-state index contributed by atoms with van der Waals surface area (Å²) in [7, 11) is 1.78. The molecule has 5 nitrogen and oxygen atoms in total. The minimum Gasteiger partial charge on any atom is -0.326 e. The van der Waals surface area contributed by atoms with Crippen LogP contribution in [0.4, 0.5) is 11.4 Å². The van der Waals surface area contributed by atoms with Crippen molar-refractivity contribution in [3.8, 4) is 0 Å². The lowest BCUT2D eigenvalue weighted by molar-refractivity contribution is -0.119. The lowest BCUT2D eigenvalue weighted by atomic mass is 10.2. The Balaban J connectivity index is 1.65. The highest BCUT2D eigenvalue weighted by atomic mass is 32.2.